The maximum Gasteiger partial charge on any atom is 0.398 e. The number of rotatable bonds is 2. The molecule has 74 valence electrons. The fourth-order valence-electron chi connectivity index (χ4n) is 0.619. The van der Waals surface area contributed by atoms with E-state index in [1.807, 2.05) is 0 Å². The predicted molar refractivity (Wildman–Crippen MR) is 43.5 cm³/mol. The average molecular weight is 219 g/mol. The second kappa shape index (κ2) is 4.28. The number of alkyl halides is 3. The molecule has 0 spiro atoms. The Morgan fingerprint density at radius 2 is 2.21 bits per heavy atom. The summed E-state index contributed by atoms with van der Waals surface area (Å²) in [6.45, 7) is 0. The maximum atomic E-state index is 11.8. The van der Waals surface area contributed by atoms with Crippen LogP contribution in [-0.4, -0.2) is 21.9 Å². The van der Waals surface area contributed by atoms with Crippen molar-refractivity contribution in [2.75, 3.05) is 5.75 Å². The molecule has 0 bridgehead atoms. The van der Waals surface area contributed by atoms with Crippen LogP contribution in [0.15, 0.2) is 17.4 Å². The third-order valence-electron chi connectivity index (χ3n) is 1.11. The summed E-state index contributed by atoms with van der Waals surface area (Å²) >= 11 is 0.459. The molecule has 1 aromatic rings. The van der Waals surface area contributed by atoms with Crippen molar-refractivity contribution in [2.24, 2.45) is 0 Å². The Labute approximate surface area is 82.0 Å². The van der Waals surface area contributed by atoms with E-state index in [9.17, 15) is 13.2 Å². The van der Waals surface area contributed by atoms with Crippen LogP contribution in [0, 0.1) is 11.3 Å². The van der Waals surface area contributed by atoms with Gasteiger partial charge in [0.1, 0.15) is 11.8 Å². The molecule has 0 aliphatic rings. The van der Waals surface area contributed by atoms with E-state index < -0.39 is 11.9 Å². The first-order valence-corrected chi connectivity index (χ1v) is 4.42. The number of halogens is 3. The summed E-state index contributed by atoms with van der Waals surface area (Å²) in [5.74, 6) is -1.05. The van der Waals surface area contributed by atoms with Gasteiger partial charge in [0.05, 0.1) is 5.75 Å². The second-order valence-corrected chi connectivity index (χ2v) is 3.18. The molecular formula is C7H4F3N3S. The fraction of sp³-hybridized carbons (Fsp3) is 0.286. The molecule has 1 rings (SSSR count). The van der Waals surface area contributed by atoms with Gasteiger partial charge < -0.3 is 0 Å². The molecule has 0 aliphatic carbocycles. The molecule has 14 heavy (non-hydrogen) atoms. The van der Waals surface area contributed by atoms with E-state index in [1.54, 1.807) is 6.07 Å². The van der Waals surface area contributed by atoms with Gasteiger partial charge in [-0.2, -0.15) is 18.4 Å². The van der Waals surface area contributed by atoms with Crippen LogP contribution in [0.4, 0.5) is 13.2 Å². The molecule has 7 heteroatoms. The minimum Gasteiger partial charge on any atom is -0.231 e. The standard InChI is InChI=1S/C7H4F3N3S/c8-7(9,10)4-14-6-12-2-1-5(3-11)13-6/h1-2H,4H2. The lowest BCUT2D eigenvalue weighted by Crippen LogP contribution is -2.11. The number of nitriles is 1. The SMILES string of the molecule is N#Cc1ccnc(SCC(F)(F)F)n1. The van der Waals surface area contributed by atoms with E-state index in [4.69, 9.17) is 5.26 Å². The molecule has 0 aromatic carbocycles. The first-order valence-electron chi connectivity index (χ1n) is 3.44. The average Bonchev–Trinajstić information content (AvgIpc) is 2.14. The van der Waals surface area contributed by atoms with Crippen molar-refractivity contribution in [2.45, 2.75) is 11.3 Å². The van der Waals surface area contributed by atoms with Crippen LogP contribution in [-0.2, 0) is 0 Å². The van der Waals surface area contributed by atoms with Crippen molar-refractivity contribution < 1.29 is 13.2 Å². The van der Waals surface area contributed by atoms with Crippen LogP contribution in [0.3, 0.4) is 0 Å². The molecule has 1 aromatic heterocycles. The van der Waals surface area contributed by atoms with Gasteiger partial charge in [-0.15, -0.1) is 0 Å². The van der Waals surface area contributed by atoms with Crippen molar-refractivity contribution in [3.8, 4) is 6.07 Å². The first-order chi connectivity index (χ1) is 6.51. The third kappa shape index (κ3) is 3.62. The Morgan fingerprint density at radius 1 is 1.50 bits per heavy atom. The summed E-state index contributed by atoms with van der Waals surface area (Å²) < 4.78 is 35.3. The number of aromatic nitrogens is 2. The molecule has 0 radical (unpaired) electrons. The van der Waals surface area contributed by atoms with Gasteiger partial charge in [0.15, 0.2) is 5.16 Å². The summed E-state index contributed by atoms with van der Waals surface area (Å²) in [6, 6.07) is 3.05. The van der Waals surface area contributed by atoms with Crippen molar-refractivity contribution in [3.05, 3.63) is 18.0 Å². The smallest absolute Gasteiger partial charge is 0.231 e. The van der Waals surface area contributed by atoms with Crippen molar-refractivity contribution in [1.29, 1.82) is 5.26 Å². The van der Waals surface area contributed by atoms with Gasteiger partial charge in [-0.25, -0.2) is 9.97 Å². The fourth-order valence-corrected chi connectivity index (χ4v) is 1.21. The van der Waals surface area contributed by atoms with E-state index in [0.29, 0.717) is 11.8 Å². The molecule has 1 heterocycles. The number of hydrogen-bond acceptors (Lipinski definition) is 4. The molecule has 0 atom stereocenters. The summed E-state index contributed by atoms with van der Waals surface area (Å²) in [7, 11) is 0. The maximum absolute atomic E-state index is 11.8. The van der Waals surface area contributed by atoms with Crippen LogP contribution < -0.4 is 0 Å². The topological polar surface area (TPSA) is 49.6 Å². The van der Waals surface area contributed by atoms with E-state index in [1.165, 1.54) is 12.3 Å². The Balaban J connectivity index is 2.65. The number of hydrogen-bond donors (Lipinski definition) is 0. The van der Waals surface area contributed by atoms with Crippen molar-refractivity contribution in [3.63, 3.8) is 0 Å². The zero-order valence-electron chi connectivity index (χ0n) is 6.75. The Hall–Kier alpha value is -1.29. The molecule has 0 aliphatic heterocycles. The van der Waals surface area contributed by atoms with Gasteiger partial charge in [-0.1, -0.05) is 11.8 Å². The molecule has 3 nitrogen and oxygen atoms in total. The monoisotopic (exact) mass is 219 g/mol. The largest absolute Gasteiger partial charge is 0.398 e. The van der Waals surface area contributed by atoms with Crippen LogP contribution in [0.2, 0.25) is 0 Å². The molecular weight excluding hydrogens is 215 g/mol. The predicted octanol–water partition coefficient (Wildman–Crippen LogP) is 2.00. The van der Waals surface area contributed by atoms with Gasteiger partial charge in [0.2, 0.25) is 0 Å². The highest BCUT2D eigenvalue weighted by Gasteiger charge is 2.27. The van der Waals surface area contributed by atoms with Crippen LogP contribution in [0.25, 0.3) is 0 Å². The molecule has 0 unspecified atom stereocenters. The Bertz CT molecular complexity index is 358. The molecule has 0 saturated carbocycles. The van der Waals surface area contributed by atoms with Gasteiger partial charge in [0, 0.05) is 6.20 Å². The summed E-state index contributed by atoms with van der Waals surface area (Å²) in [4.78, 5) is 7.18. The van der Waals surface area contributed by atoms with E-state index >= 15 is 0 Å². The number of thioether (sulfide) groups is 1. The highest BCUT2D eigenvalue weighted by Crippen LogP contribution is 2.24. The van der Waals surface area contributed by atoms with Gasteiger partial charge in [-0.3, -0.25) is 0 Å². The molecule has 0 amide bonds. The third-order valence-corrected chi connectivity index (χ3v) is 2.04. The normalized spacial score (nSPS) is 11.0. The first kappa shape index (κ1) is 10.8. The lowest BCUT2D eigenvalue weighted by Gasteiger charge is -2.03. The minimum absolute atomic E-state index is 0.0404. The second-order valence-electron chi connectivity index (χ2n) is 2.24. The minimum atomic E-state index is -4.25. The quantitative estimate of drug-likeness (QED) is 0.564. The van der Waals surface area contributed by atoms with Crippen LogP contribution in [0.5, 0.6) is 0 Å². The van der Waals surface area contributed by atoms with Crippen LogP contribution >= 0.6 is 11.8 Å². The molecule has 0 fully saturated rings. The zero-order valence-corrected chi connectivity index (χ0v) is 7.56. The van der Waals surface area contributed by atoms with E-state index in [-0.39, 0.29) is 10.9 Å². The van der Waals surface area contributed by atoms with Gasteiger partial charge in [-0.05, 0) is 6.07 Å². The Morgan fingerprint density at radius 3 is 2.79 bits per heavy atom. The molecule has 0 saturated heterocycles. The highest BCUT2D eigenvalue weighted by atomic mass is 32.2. The lowest BCUT2D eigenvalue weighted by atomic mass is 10.5. The van der Waals surface area contributed by atoms with Crippen molar-refractivity contribution in [1.82, 2.24) is 9.97 Å². The van der Waals surface area contributed by atoms with Gasteiger partial charge >= 0.3 is 6.18 Å². The highest BCUT2D eigenvalue weighted by molar-refractivity contribution is 7.99. The van der Waals surface area contributed by atoms with Crippen molar-refractivity contribution >= 4 is 11.8 Å². The summed E-state index contributed by atoms with van der Waals surface area (Å²) in [5, 5.41) is 8.38. The van der Waals surface area contributed by atoms with Crippen LogP contribution in [0.1, 0.15) is 5.69 Å². The zero-order chi connectivity index (χ0) is 10.6. The lowest BCUT2D eigenvalue weighted by molar-refractivity contribution is -0.105. The Kier molecular flexibility index (Phi) is 3.30. The van der Waals surface area contributed by atoms with Gasteiger partial charge in [0.25, 0.3) is 0 Å². The van der Waals surface area contributed by atoms with E-state index in [2.05, 4.69) is 9.97 Å². The molecule has 0 N–H and O–H groups in total. The number of nitrogens with zero attached hydrogens (tertiary/aromatic N) is 3. The summed E-state index contributed by atoms with van der Waals surface area (Å²) in [6.07, 6.45) is -3.00. The summed E-state index contributed by atoms with van der Waals surface area (Å²) in [5.41, 5.74) is 0.0599. The van der Waals surface area contributed by atoms with E-state index in [0.717, 1.165) is 0 Å².